The lowest BCUT2D eigenvalue weighted by Crippen LogP contribution is -2.35. The first-order chi connectivity index (χ1) is 10.7. The van der Waals surface area contributed by atoms with E-state index in [1.54, 1.807) is 13.2 Å². The number of aromatic nitrogens is 1. The molecular formula is C16H21N3O3. The Morgan fingerprint density at radius 1 is 1.23 bits per heavy atom. The molecule has 1 aromatic carbocycles. The minimum absolute atomic E-state index is 0.235. The van der Waals surface area contributed by atoms with Gasteiger partial charge in [0.2, 0.25) is 5.88 Å². The largest absolute Gasteiger partial charge is 0.493 e. The number of hydrogen-bond acceptors (Lipinski definition) is 6. The van der Waals surface area contributed by atoms with Crippen LogP contribution < -0.4 is 15.2 Å². The summed E-state index contributed by atoms with van der Waals surface area (Å²) >= 11 is 0. The normalized spacial score (nSPS) is 16.6. The number of rotatable bonds is 4. The number of benzene rings is 1. The molecule has 0 aliphatic carbocycles. The van der Waals surface area contributed by atoms with E-state index in [1.807, 2.05) is 18.2 Å². The van der Waals surface area contributed by atoms with E-state index in [0.29, 0.717) is 17.3 Å². The maximum atomic E-state index is 6.10. The molecule has 1 aliphatic heterocycles. The van der Waals surface area contributed by atoms with Gasteiger partial charge in [0.05, 0.1) is 7.11 Å². The highest BCUT2D eigenvalue weighted by molar-refractivity contribution is 5.65. The molecule has 1 aliphatic rings. The van der Waals surface area contributed by atoms with Gasteiger partial charge < -0.3 is 24.6 Å². The molecule has 1 aromatic heterocycles. The zero-order chi connectivity index (χ0) is 15.5. The van der Waals surface area contributed by atoms with Crippen LogP contribution in [-0.2, 0) is 0 Å². The van der Waals surface area contributed by atoms with E-state index in [9.17, 15) is 0 Å². The van der Waals surface area contributed by atoms with E-state index in [4.69, 9.17) is 19.7 Å². The first-order valence-electron chi connectivity index (χ1n) is 7.41. The highest BCUT2D eigenvalue weighted by Gasteiger charge is 2.20. The van der Waals surface area contributed by atoms with Crippen LogP contribution in [0.25, 0.3) is 11.3 Å². The third-order valence-corrected chi connectivity index (χ3v) is 3.95. The van der Waals surface area contributed by atoms with Crippen molar-refractivity contribution >= 4 is 5.88 Å². The SMILES string of the molecule is COc1cc(-c2cc(N)on2)ccc1OC1CCN(C)CC1. The highest BCUT2D eigenvalue weighted by atomic mass is 16.5. The summed E-state index contributed by atoms with van der Waals surface area (Å²) in [6, 6.07) is 7.43. The zero-order valence-corrected chi connectivity index (χ0v) is 12.9. The molecule has 0 atom stereocenters. The summed E-state index contributed by atoms with van der Waals surface area (Å²) in [6.45, 7) is 2.12. The Bertz CT molecular complexity index is 633. The van der Waals surface area contributed by atoms with Gasteiger partial charge in [0.15, 0.2) is 11.5 Å². The molecular weight excluding hydrogens is 282 g/mol. The van der Waals surface area contributed by atoms with Gasteiger partial charge in [0.1, 0.15) is 11.8 Å². The van der Waals surface area contributed by atoms with Crippen LogP contribution >= 0.6 is 0 Å². The van der Waals surface area contributed by atoms with Gasteiger partial charge in [-0.3, -0.25) is 0 Å². The molecule has 0 saturated carbocycles. The van der Waals surface area contributed by atoms with E-state index in [1.165, 1.54) is 0 Å². The zero-order valence-electron chi connectivity index (χ0n) is 12.9. The molecule has 2 N–H and O–H groups in total. The van der Waals surface area contributed by atoms with Gasteiger partial charge >= 0.3 is 0 Å². The Balaban J connectivity index is 1.77. The van der Waals surface area contributed by atoms with Crippen molar-refractivity contribution in [2.24, 2.45) is 0 Å². The lowest BCUT2D eigenvalue weighted by atomic mass is 10.1. The molecule has 0 spiro atoms. The van der Waals surface area contributed by atoms with Gasteiger partial charge in [-0.2, -0.15) is 0 Å². The van der Waals surface area contributed by atoms with Crippen molar-refractivity contribution in [2.75, 3.05) is 33.0 Å². The van der Waals surface area contributed by atoms with Crippen LogP contribution in [0.5, 0.6) is 11.5 Å². The van der Waals surface area contributed by atoms with Crippen LogP contribution in [0.4, 0.5) is 5.88 Å². The lowest BCUT2D eigenvalue weighted by molar-refractivity contribution is 0.111. The minimum atomic E-state index is 0.235. The van der Waals surface area contributed by atoms with E-state index in [0.717, 1.165) is 37.2 Å². The summed E-state index contributed by atoms with van der Waals surface area (Å²) in [6.07, 6.45) is 2.29. The molecule has 0 amide bonds. The second-order valence-electron chi connectivity index (χ2n) is 5.60. The molecule has 2 aromatic rings. The van der Waals surface area contributed by atoms with Gasteiger partial charge in [-0.1, -0.05) is 5.16 Å². The summed E-state index contributed by atoms with van der Waals surface area (Å²) in [5.41, 5.74) is 7.13. The van der Waals surface area contributed by atoms with Crippen molar-refractivity contribution in [1.82, 2.24) is 10.1 Å². The second kappa shape index (κ2) is 6.27. The Morgan fingerprint density at radius 3 is 2.64 bits per heavy atom. The maximum absolute atomic E-state index is 6.10. The molecule has 3 rings (SSSR count). The number of nitrogens with two attached hydrogens (primary N) is 1. The summed E-state index contributed by atoms with van der Waals surface area (Å²) in [5, 5.41) is 3.91. The number of piperidine rings is 1. The quantitative estimate of drug-likeness (QED) is 0.935. The predicted molar refractivity (Wildman–Crippen MR) is 84.1 cm³/mol. The molecule has 118 valence electrons. The van der Waals surface area contributed by atoms with Gasteiger partial charge in [0.25, 0.3) is 0 Å². The molecule has 2 heterocycles. The Hall–Kier alpha value is -2.21. The van der Waals surface area contributed by atoms with Crippen LogP contribution in [0.2, 0.25) is 0 Å². The summed E-state index contributed by atoms with van der Waals surface area (Å²) < 4.78 is 16.5. The number of ether oxygens (including phenoxy) is 2. The fraction of sp³-hybridized carbons (Fsp3) is 0.438. The van der Waals surface area contributed by atoms with Crippen LogP contribution in [0, 0.1) is 0 Å². The minimum Gasteiger partial charge on any atom is -0.493 e. The Kier molecular flexibility index (Phi) is 4.20. The topological polar surface area (TPSA) is 73.8 Å². The Morgan fingerprint density at radius 2 is 2.00 bits per heavy atom. The molecule has 6 heteroatoms. The molecule has 0 unspecified atom stereocenters. The smallest absolute Gasteiger partial charge is 0.222 e. The molecule has 0 radical (unpaired) electrons. The van der Waals surface area contributed by atoms with Crippen LogP contribution in [0.3, 0.4) is 0 Å². The molecule has 22 heavy (non-hydrogen) atoms. The fourth-order valence-corrected chi connectivity index (χ4v) is 2.63. The monoisotopic (exact) mass is 303 g/mol. The van der Waals surface area contributed by atoms with E-state index < -0.39 is 0 Å². The number of methoxy groups -OCH3 is 1. The van der Waals surface area contributed by atoms with E-state index in [-0.39, 0.29) is 6.10 Å². The van der Waals surface area contributed by atoms with Gasteiger partial charge in [-0.15, -0.1) is 0 Å². The third-order valence-electron chi connectivity index (χ3n) is 3.95. The Labute approximate surface area is 129 Å². The van der Waals surface area contributed by atoms with Crippen molar-refractivity contribution in [1.29, 1.82) is 0 Å². The van der Waals surface area contributed by atoms with Crippen LogP contribution in [0.1, 0.15) is 12.8 Å². The van der Waals surface area contributed by atoms with Gasteiger partial charge in [-0.05, 0) is 38.1 Å². The van der Waals surface area contributed by atoms with E-state index in [2.05, 4.69) is 17.1 Å². The summed E-state index contributed by atoms with van der Waals surface area (Å²) in [7, 11) is 3.77. The van der Waals surface area contributed by atoms with Gasteiger partial charge in [0, 0.05) is 24.7 Å². The number of nitrogen functional groups attached to an aromatic ring is 1. The summed E-state index contributed by atoms with van der Waals surface area (Å²) in [4.78, 5) is 2.31. The van der Waals surface area contributed by atoms with Crippen LogP contribution in [-0.4, -0.2) is 43.4 Å². The molecule has 1 fully saturated rings. The van der Waals surface area contributed by atoms with Crippen molar-refractivity contribution in [2.45, 2.75) is 18.9 Å². The fourth-order valence-electron chi connectivity index (χ4n) is 2.63. The van der Waals surface area contributed by atoms with E-state index >= 15 is 0 Å². The predicted octanol–water partition coefficient (Wildman–Crippen LogP) is 2.41. The lowest BCUT2D eigenvalue weighted by Gasteiger charge is -2.29. The number of likely N-dealkylation sites (tertiary alicyclic amines) is 1. The number of hydrogen-bond donors (Lipinski definition) is 1. The highest BCUT2D eigenvalue weighted by Crippen LogP contribution is 2.34. The average Bonchev–Trinajstić information content (AvgIpc) is 2.96. The number of nitrogens with zero attached hydrogens (tertiary/aromatic N) is 2. The second-order valence-corrected chi connectivity index (χ2v) is 5.60. The first-order valence-corrected chi connectivity index (χ1v) is 7.41. The first kappa shape index (κ1) is 14.7. The van der Waals surface area contributed by atoms with Crippen molar-refractivity contribution in [3.8, 4) is 22.8 Å². The molecule has 0 bridgehead atoms. The third kappa shape index (κ3) is 3.17. The number of anilines is 1. The maximum Gasteiger partial charge on any atom is 0.222 e. The van der Waals surface area contributed by atoms with Crippen molar-refractivity contribution in [3.63, 3.8) is 0 Å². The van der Waals surface area contributed by atoms with Crippen molar-refractivity contribution in [3.05, 3.63) is 24.3 Å². The van der Waals surface area contributed by atoms with Crippen LogP contribution in [0.15, 0.2) is 28.8 Å². The van der Waals surface area contributed by atoms with Gasteiger partial charge in [-0.25, -0.2) is 0 Å². The summed E-state index contributed by atoms with van der Waals surface area (Å²) in [5.74, 6) is 1.75. The average molecular weight is 303 g/mol. The van der Waals surface area contributed by atoms with Crippen molar-refractivity contribution < 1.29 is 14.0 Å². The molecule has 1 saturated heterocycles. The molecule has 6 nitrogen and oxygen atoms in total. The standard InChI is InChI=1S/C16H21N3O3/c1-19-7-5-12(6-8-19)21-14-4-3-11(9-15(14)20-2)13-10-16(17)22-18-13/h3-4,9-10,12H,5-8,17H2,1-2H3.